The van der Waals surface area contributed by atoms with Gasteiger partial charge in [0.15, 0.2) is 0 Å². The predicted molar refractivity (Wildman–Crippen MR) is 82.5 cm³/mol. The van der Waals surface area contributed by atoms with Crippen molar-refractivity contribution in [3.63, 3.8) is 0 Å². The van der Waals surface area contributed by atoms with Crippen LogP contribution in [0.15, 0.2) is 18.2 Å². The molecule has 19 heavy (non-hydrogen) atoms. The molecule has 0 fully saturated rings. The van der Waals surface area contributed by atoms with Crippen LogP contribution in [0.4, 0.5) is 0 Å². The molecule has 2 N–H and O–H groups in total. The molecule has 0 radical (unpaired) electrons. The molecule has 0 aromatic heterocycles. The fraction of sp³-hybridized carbons (Fsp3) is 0.385. The van der Waals surface area contributed by atoms with Crippen LogP contribution in [0.25, 0.3) is 0 Å². The van der Waals surface area contributed by atoms with Gasteiger partial charge in [-0.15, -0.1) is 0 Å². The molecule has 0 heterocycles. The Labute approximate surface area is 130 Å². The SMILES string of the molecule is CC(CCC(=O)O)CNC(=O)c1ccc(I)c(Cl)c1. The summed E-state index contributed by atoms with van der Waals surface area (Å²) in [4.78, 5) is 22.3. The van der Waals surface area contributed by atoms with Gasteiger partial charge in [0.1, 0.15) is 0 Å². The van der Waals surface area contributed by atoms with Crippen LogP contribution in [-0.2, 0) is 4.79 Å². The van der Waals surface area contributed by atoms with E-state index in [9.17, 15) is 9.59 Å². The molecule has 0 aliphatic carbocycles. The molecule has 1 unspecified atom stereocenters. The molecule has 0 aliphatic heterocycles. The average Bonchev–Trinajstić information content (AvgIpc) is 2.36. The molecule has 0 spiro atoms. The third-order valence-corrected chi connectivity index (χ3v) is 4.22. The first-order valence-corrected chi connectivity index (χ1v) is 7.31. The summed E-state index contributed by atoms with van der Waals surface area (Å²) in [6.07, 6.45) is 0.662. The van der Waals surface area contributed by atoms with Crippen LogP contribution >= 0.6 is 34.2 Å². The third kappa shape index (κ3) is 5.78. The number of benzene rings is 1. The number of carboxylic acids is 1. The maximum absolute atomic E-state index is 11.9. The van der Waals surface area contributed by atoms with Gasteiger partial charge in [0, 0.05) is 22.1 Å². The van der Waals surface area contributed by atoms with Crippen LogP contribution in [0.1, 0.15) is 30.1 Å². The van der Waals surface area contributed by atoms with Gasteiger partial charge < -0.3 is 10.4 Å². The van der Waals surface area contributed by atoms with Gasteiger partial charge in [-0.05, 0) is 53.1 Å². The van der Waals surface area contributed by atoms with Crippen molar-refractivity contribution < 1.29 is 14.7 Å². The molecule has 1 aromatic carbocycles. The summed E-state index contributed by atoms with van der Waals surface area (Å²) in [6.45, 7) is 2.36. The zero-order chi connectivity index (χ0) is 14.4. The number of carboxylic acid groups (broad SMARTS) is 1. The van der Waals surface area contributed by atoms with Gasteiger partial charge in [0.25, 0.3) is 5.91 Å². The van der Waals surface area contributed by atoms with E-state index < -0.39 is 5.97 Å². The molecule has 0 bridgehead atoms. The monoisotopic (exact) mass is 395 g/mol. The number of aliphatic carboxylic acids is 1. The number of amides is 1. The van der Waals surface area contributed by atoms with E-state index in [2.05, 4.69) is 27.9 Å². The second-order valence-corrected chi connectivity index (χ2v) is 5.95. The molecule has 1 amide bonds. The van der Waals surface area contributed by atoms with E-state index >= 15 is 0 Å². The van der Waals surface area contributed by atoms with Crippen molar-refractivity contribution in [3.05, 3.63) is 32.4 Å². The Morgan fingerprint density at radius 3 is 2.74 bits per heavy atom. The van der Waals surface area contributed by atoms with Crippen molar-refractivity contribution in [1.29, 1.82) is 0 Å². The smallest absolute Gasteiger partial charge is 0.303 e. The van der Waals surface area contributed by atoms with E-state index in [1.807, 2.05) is 6.92 Å². The number of halogens is 2. The summed E-state index contributed by atoms with van der Waals surface area (Å²) in [5.74, 6) is -0.887. The van der Waals surface area contributed by atoms with E-state index in [0.29, 0.717) is 23.6 Å². The molecular formula is C13H15ClINO3. The second kappa shape index (κ2) is 7.69. The van der Waals surface area contributed by atoms with Crippen LogP contribution in [0.5, 0.6) is 0 Å². The summed E-state index contributed by atoms with van der Waals surface area (Å²) in [5.41, 5.74) is 0.510. The lowest BCUT2D eigenvalue weighted by atomic mass is 10.1. The minimum absolute atomic E-state index is 0.117. The van der Waals surface area contributed by atoms with E-state index in [1.165, 1.54) is 0 Å². The van der Waals surface area contributed by atoms with Gasteiger partial charge in [-0.3, -0.25) is 9.59 Å². The first kappa shape index (κ1) is 16.2. The highest BCUT2D eigenvalue weighted by Crippen LogP contribution is 2.19. The number of carbonyl (C=O) groups is 2. The predicted octanol–water partition coefficient (Wildman–Crippen LogP) is 3.18. The van der Waals surface area contributed by atoms with Crippen LogP contribution in [0.2, 0.25) is 5.02 Å². The van der Waals surface area contributed by atoms with E-state index in [1.54, 1.807) is 18.2 Å². The molecular weight excluding hydrogens is 381 g/mol. The number of rotatable bonds is 6. The minimum Gasteiger partial charge on any atom is -0.481 e. The van der Waals surface area contributed by atoms with Crippen molar-refractivity contribution in [2.45, 2.75) is 19.8 Å². The number of hydrogen-bond donors (Lipinski definition) is 2. The molecule has 1 aromatic rings. The first-order chi connectivity index (χ1) is 8.90. The van der Waals surface area contributed by atoms with Gasteiger partial charge in [0.2, 0.25) is 0 Å². The highest BCUT2D eigenvalue weighted by atomic mass is 127. The van der Waals surface area contributed by atoms with Gasteiger partial charge in [-0.25, -0.2) is 0 Å². The molecule has 6 heteroatoms. The lowest BCUT2D eigenvalue weighted by molar-refractivity contribution is -0.137. The van der Waals surface area contributed by atoms with Gasteiger partial charge in [0.05, 0.1) is 5.02 Å². The Balaban J connectivity index is 2.46. The van der Waals surface area contributed by atoms with Gasteiger partial charge in [-0.2, -0.15) is 0 Å². The zero-order valence-corrected chi connectivity index (χ0v) is 13.4. The van der Waals surface area contributed by atoms with Gasteiger partial charge >= 0.3 is 5.97 Å². The van der Waals surface area contributed by atoms with Crippen molar-refractivity contribution in [2.75, 3.05) is 6.54 Å². The van der Waals surface area contributed by atoms with Crippen molar-refractivity contribution >= 4 is 46.1 Å². The molecule has 1 atom stereocenters. The normalized spacial score (nSPS) is 11.9. The molecule has 104 valence electrons. The molecule has 0 saturated carbocycles. The lowest BCUT2D eigenvalue weighted by Crippen LogP contribution is -2.28. The third-order valence-electron chi connectivity index (χ3n) is 2.64. The zero-order valence-electron chi connectivity index (χ0n) is 10.5. The molecule has 0 aliphatic rings. The van der Waals surface area contributed by atoms with E-state index in [-0.39, 0.29) is 18.2 Å². The minimum atomic E-state index is -0.817. The fourth-order valence-electron chi connectivity index (χ4n) is 1.48. The number of nitrogens with one attached hydrogen (secondary N) is 1. The highest BCUT2D eigenvalue weighted by molar-refractivity contribution is 14.1. The fourth-order valence-corrected chi connectivity index (χ4v) is 1.99. The Bertz CT molecular complexity index is 479. The maximum Gasteiger partial charge on any atom is 0.303 e. The summed E-state index contributed by atoms with van der Waals surface area (Å²) >= 11 is 8.05. The standard InChI is InChI=1S/C13H15ClINO3/c1-8(2-5-12(17)18)7-16-13(19)9-3-4-11(15)10(14)6-9/h3-4,6,8H,2,5,7H2,1H3,(H,16,19)(H,17,18). The Morgan fingerprint density at radius 1 is 1.47 bits per heavy atom. The summed E-state index contributed by atoms with van der Waals surface area (Å²) in [6, 6.07) is 5.12. The van der Waals surface area contributed by atoms with E-state index in [4.69, 9.17) is 16.7 Å². The van der Waals surface area contributed by atoms with Crippen molar-refractivity contribution in [3.8, 4) is 0 Å². The Morgan fingerprint density at radius 2 is 2.16 bits per heavy atom. The van der Waals surface area contributed by atoms with Crippen molar-refractivity contribution in [2.24, 2.45) is 5.92 Å². The Kier molecular flexibility index (Phi) is 6.57. The largest absolute Gasteiger partial charge is 0.481 e. The summed E-state index contributed by atoms with van der Waals surface area (Å²) in [7, 11) is 0. The van der Waals surface area contributed by atoms with Crippen molar-refractivity contribution in [1.82, 2.24) is 5.32 Å². The number of hydrogen-bond acceptors (Lipinski definition) is 2. The number of carbonyl (C=O) groups excluding carboxylic acids is 1. The average molecular weight is 396 g/mol. The highest BCUT2D eigenvalue weighted by Gasteiger charge is 2.10. The van der Waals surface area contributed by atoms with Crippen LogP contribution in [0, 0.1) is 9.49 Å². The van der Waals surface area contributed by atoms with Crippen LogP contribution in [-0.4, -0.2) is 23.5 Å². The summed E-state index contributed by atoms with van der Waals surface area (Å²) < 4.78 is 0.894. The molecule has 1 rings (SSSR count). The summed E-state index contributed by atoms with van der Waals surface area (Å²) in [5, 5.41) is 11.9. The lowest BCUT2D eigenvalue weighted by Gasteiger charge is -2.11. The first-order valence-electron chi connectivity index (χ1n) is 5.85. The topological polar surface area (TPSA) is 66.4 Å². The Hall–Kier alpha value is -0.820. The van der Waals surface area contributed by atoms with Crippen LogP contribution < -0.4 is 5.32 Å². The van der Waals surface area contributed by atoms with E-state index in [0.717, 1.165) is 3.57 Å². The maximum atomic E-state index is 11.9. The van der Waals surface area contributed by atoms with Crippen LogP contribution in [0.3, 0.4) is 0 Å². The quantitative estimate of drug-likeness (QED) is 0.727. The van der Waals surface area contributed by atoms with Gasteiger partial charge in [-0.1, -0.05) is 18.5 Å². The molecule has 0 saturated heterocycles. The second-order valence-electron chi connectivity index (χ2n) is 4.38. The molecule has 4 nitrogen and oxygen atoms in total.